The molecule has 1 aliphatic heterocycles. The van der Waals surface area contributed by atoms with Crippen LogP contribution in [-0.2, 0) is 4.79 Å². The molecule has 2 aliphatic rings. The normalized spacial score (nSPS) is 21.3. The summed E-state index contributed by atoms with van der Waals surface area (Å²) in [6.45, 7) is 1.47. The zero-order chi connectivity index (χ0) is 17.6. The molecule has 25 heavy (non-hydrogen) atoms. The van der Waals surface area contributed by atoms with Gasteiger partial charge in [-0.2, -0.15) is 0 Å². The molecule has 5 nitrogen and oxygen atoms in total. The Bertz CT molecular complexity index is 611. The standard InChI is InChI=1S/C20H28N2O3/c21-19(23)12-11-15-6-5-13-22(14-15)20(24)17-9-3-4-10-18(17)25-16-7-1-2-8-16/h3-4,9-10,15-16H,1-2,5-8,11-14H2,(H2,21,23)/t15-/m0/s1. The topological polar surface area (TPSA) is 72.6 Å². The summed E-state index contributed by atoms with van der Waals surface area (Å²) in [6, 6.07) is 7.58. The minimum atomic E-state index is -0.265. The Hall–Kier alpha value is -2.04. The number of carbonyl (C=O) groups is 2. The number of amides is 2. The molecule has 1 aromatic carbocycles. The van der Waals surface area contributed by atoms with E-state index in [1.807, 2.05) is 29.2 Å². The number of hydrogen-bond acceptors (Lipinski definition) is 3. The largest absolute Gasteiger partial charge is 0.490 e. The molecule has 2 amide bonds. The highest BCUT2D eigenvalue weighted by Crippen LogP contribution is 2.29. The maximum atomic E-state index is 13.0. The molecule has 2 fully saturated rings. The molecular weight excluding hydrogens is 316 g/mol. The Morgan fingerprint density at radius 1 is 1.12 bits per heavy atom. The molecule has 0 unspecified atom stereocenters. The van der Waals surface area contributed by atoms with Gasteiger partial charge in [0, 0.05) is 19.5 Å². The Balaban J connectivity index is 1.66. The summed E-state index contributed by atoms with van der Waals surface area (Å²) in [6.07, 6.45) is 7.97. The van der Waals surface area contributed by atoms with Gasteiger partial charge in [0.1, 0.15) is 5.75 Å². The predicted octanol–water partition coefficient (Wildman–Crippen LogP) is 3.13. The van der Waals surface area contributed by atoms with Gasteiger partial charge in [-0.25, -0.2) is 0 Å². The summed E-state index contributed by atoms with van der Waals surface area (Å²) in [4.78, 5) is 26.0. The van der Waals surface area contributed by atoms with Gasteiger partial charge < -0.3 is 15.4 Å². The molecule has 0 bridgehead atoms. The minimum absolute atomic E-state index is 0.0392. The van der Waals surface area contributed by atoms with Crippen molar-refractivity contribution in [2.45, 2.75) is 57.5 Å². The van der Waals surface area contributed by atoms with E-state index in [1.165, 1.54) is 12.8 Å². The van der Waals surface area contributed by atoms with Gasteiger partial charge in [-0.15, -0.1) is 0 Å². The van der Waals surface area contributed by atoms with Gasteiger partial charge in [0.15, 0.2) is 0 Å². The number of rotatable bonds is 6. The van der Waals surface area contributed by atoms with E-state index in [-0.39, 0.29) is 17.9 Å². The third-order valence-corrected chi connectivity index (χ3v) is 5.32. The lowest BCUT2D eigenvalue weighted by molar-refractivity contribution is -0.118. The first-order valence-corrected chi connectivity index (χ1v) is 9.46. The quantitative estimate of drug-likeness (QED) is 0.862. The van der Waals surface area contributed by atoms with Crippen molar-refractivity contribution in [2.75, 3.05) is 13.1 Å². The van der Waals surface area contributed by atoms with Gasteiger partial charge in [0.25, 0.3) is 5.91 Å². The average Bonchev–Trinajstić information content (AvgIpc) is 3.13. The van der Waals surface area contributed by atoms with Crippen LogP contribution in [-0.4, -0.2) is 35.9 Å². The van der Waals surface area contributed by atoms with Crippen LogP contribution in [0.1, 0.15) is 61.7 Å². The molecule has 0 radical (unpaired) electrons. The van der Waals surface area contributed by atoms with E-state index in [0.29, 0.717) is 30.2 Å². The number of hydrogen-bond donors (Lipinski definition) is 1. The van der Waals surface area contributed by atoms with Crippen molar-refractivity contribution in [1.82, 2.24) is 4.90 Å². The minimum Gasteiger partial charge on any atom is -0.490 e. The van der Waals surface area contributed by atoms with Crippen LogP contribution in [0.4, 0.5) is 0 Å². The van der Waals surface area contributed by atoms with Crippen LogP contribution in [0, 0.1) is 5.92 Å². The van der Waals surface area contributed by atoms with Gasteiger partial charge in [-0.3, -0.25) is 9.59 Å². The van der Waals surface area contributed by atoms with Gasteiger partial charge in [-0.1, -0.05) is 12.1 Å². The molecule has 1 saturated heterocycles. The van der Waals surface area contributed by atoms with Gasteiger partial charge in [0.2, 0.25) is 5.91 Å². The fourth-order valence-electron chi connectivity index (χ4n) is 3.93. The van der Waals surface area contributed by atoms with Crippen molar-refractivity contribution in [3.63, 3.8) is 0 Å². The average molecular weight is 344 g/mol. The highest BCUT2D eigenvalue weighted by atomic mass is 16.5. The predicted molar refractivity (Wildman–Crippen MR) is 96.4 cm³/mol. The summed E-state index contributed by atoms with van der Waals surface area (Å²) in [7, 11) is 0. The highest BCUT2D eigenvalue weighted by Gasteiger charge is 2.27. The number of ether oxygens (including phenoxy) is 1. The summed E-state index contributed by atoms with van der Waals surface area (Å²) >= 11 is 0. The Labute approximate surface area is 149 Å². The number of piperidine rings is 1. The fourth-order valence-corrected chi connectivity index (χ4v) is 3.93. The number of nitrogens with zero attached hydrogens (tertiary/aromatic N) is 1. The van der Waals surface area contributed by atoms with E-state index in [0.717, 1.165) is 38.6 Å². The molecular formula is C20H28N2O3. The molecule has 2 N–H and O–H groups in total. The summed E-state index contributed by atoms with van der Waals surface area (Å²) < 4.78 is 6.12. The second-order valence-corrected chi connectivity index (χ2v) is 7.28. The van der Waals surface area contributed by atoms with Gasteiger partial charge in [-0.05, 0) is 63.0 Å². The zero-order valence-electron chi connectivity index (χ0n) is 14.8. The Morgan fingerprint density at radius 3 is 2.64 bits per heavy atom. The molecule has 1 aromatic rings. The number of likely N-dealkylation sites (tertiary alicyclic amines) is 1. The van der Waals surface area contributed by atoms with E-state index in [1.54, 1.807) is 0 Å². The lowest BCUT2D eigenvalue weighted by atomic mass is 9.93. The van der Waals surface area contributed by atoms with E-state index >= 15 is 0 Å². The van der Waals surface area contributed by atoms with E-state index in [4.69, 9.17) is 10.5 Å². The second kappa shape index (κ2) is 8.37. The second-order valence-electron chi connectivity index (χ2n) is 7.28. The van der Waals surface area contributed by atoms with E-state index in [9.17, 15) is 9.59 Å². The summed E-state index contributed by atoms with van der Waals surface area (Å²) in [5.41, 5.74) is 5.91. The van der Waals surface area contributed by atoms with E-state index < -0.39 is 0 Å². The maximum Gasteiger partial charge on any atom is 0.257 e. The highest BCUT2D eigenvalue weighted by molar-refractivity contribution is 5.97. The number of carbonyl (C=O) groups excluding carboxylic acids is 2. The lowest BCUT2D eigenvalue weighted by Gasteiger charge is -2.33. The van der Waals surface area contributed by atoms with Crippen LogP contribution in [0.3, 0.4) is 0 Å². The molecule has 1 heterocycles. The van der Waals surface area contributed by atoms with Gasteiger partial charge in [0.05, 0.1) is 11.7 Å². The number of benzene rings is 1. The smallest absolute Gasteiger partial charge is 0.257 e. The van der Waals surface area contributed by atoms with Crippen molar-refractivity contribution in [2.24, 2.45) is 11.7 Å². The van der Waals surface area contributed by atoms with Crippen molar-refractivity contribution in [1.29, 1.82) is 0 Å². The first-order valence-electron chi connectivity index (χ1n) is 9.46. The fraction of sp³-hybridized carbons (Fsp3) is 0.600. The zero-order valence-corrected chi connectivity index (χ0v) is 14.8. The molecule has 0 spiro atoms. The van der Waals surface area contributed by atoms with Crippen LogP contribution >= 0.6 is 0 Å². The van der Waals surface area contributed by atoms with Crippen molar-refractivity contribution in [3.8, 4) is 5.75 Å². The molecule has 3 rings (SSSR count). The number of primary amides is 1. The first kappa shape index (κ1) is 17.8. The lowest BCUT2D eigenvalue weighted by Crippen LogP contribution is -2.40. The third-order valence-electron chi connectivity index (χ3n) is 5.32. The van der Waals surface area contributed by atoms with Crippen LogP contribution in [0.2, 0.25) is 0 Å². The van der Waals surface area contributed by atoms with E-state index in [2.05, 4.69) is 0 Å². The molecule has 1 aliphatic carbocycles. The Morgan fingerprint density at radius 2 is 1.88 bits per heavy atom. The maximum absolute atomic E-state index is 13.0. The molecule has 5 heteroatoms. The number of para-hydroxylation sites is 1. The van der Waals surface area contributed by atoms with Crippen molar-refractivity contribution in [3.05, 3.63) is 29.8 Å². The molecule has 1 atom stereocenters. The third kappa shape index (κ3) is 4.74. The monoisotopic (exact) mass is 344 g/mol. The summed E-state index contributed by atoms with van der Waals surface area (Å²) in [5.74, 6) is 0.836. The Kier molecular flexibility index (Phi) is 5.95. The van der Waals surface area contributed by atoms with Gasteiger partial charge >= 0.3 is 0 Å². The molecule has 136 valence electrons. The number of nitrogens with two attached hydrogens (primary N) is 1. The van der Waals surface area contributed by atoms with Crippen LogP contribution in [0.15, 0.2) is 24.3 Å². The van der Waals surface area contributed by atoms with Crippen LogP contribution in [0.5, 0.6) is 5.75 Å². The molecule has 0 aromatic heterocycles. The van der Waals surface area contributed by atoms with Crippen LogP contribution in [0.25, 0.3) is 0 Å². The van der Waals surface area contributed by atoms with Crippen LogP contribution < -0.4 is 10.5 Å². The first-order chi connectivity index (χ1) is 12.1. The van der Waals surface area contributed by atoms with Crippen molar-refractivity contribution >= 4 is 11.8 Å². The SMILES string of the molecule is NC(=O)CC[C@@H]1CCCN(C(=O)c2ccccc2OC2CCCC2)C1. The van der Waals surface area contributed by atoms with Crippen molar-refractivity contribution < 1.29 is 14.3 Å². The molecule has 1 saturated carbocycles. The summed E-state index contributed by atoms with van der Waals surface area (Å²) in [5, 5.41) is 0.